The maximum atomic E-state index is 13.2. The Morgan fingerprint density at radius 1 is 1.00 bits per heavy atom. The molecule has 0 fully saturated rings. The molecule has 2 atom stereocenters. The molecule has 4 nitrogen and oxygen atoms in total. The van der Waals surface area contributed by atoms with E-state index in [2.05, 4.69) is 5.32 Å². The number of nitrogens with one attached hydrogen (secondary N) is 1. The number of rotatable bonds is 10. The van der Waals surface area contributed by atoms with Crippen molar-refractivity contribution in [1.82, 2.24) is 10.2 Å². The minimum atomic E-state index is -0.568. The van der Waals surface area contributed by atoms with Crippen molar-refractivity contribution in [1.29, 1.82) is 0 Å². The van der Waals surface area contributed by atoms with E-state index in [1.807, 2.05) is 75.4 Å². The maximum absolute atomic E-state index is 13.2. The summed E-state index contributed by atoms with van der Waals surface area (Å²) in [4.78, 5) is 27.9. The van der Waals surface area contributed by atoms with Crippen LogP contribution in [0.5, 0.6) is 0 Å². The normalized spacial score (nSPS) is 12.8. The first kappa shape index (κ1) is 23.0. The second kappa shape index (κ2) is 11.6. The molecule has 0 aromatic heterocycles. The van der Waals surface area contributed by atoms with Crippen molar-refractivity contribution in [2.24, 2.45) is 0 Å². The van der Waals surface area contributed by atoms with E-state index in [4.69, 9.17) is 11.6 Å². The van der Waals surface area contributed by atoms with E-state index in [1.54, 1.807) is 4.90 Å². The standard InChI is InChI=1S/C24H31ClN2O2/c1-4-9-23(28)27(17-20-12-14-21(25)15-13-20)22(24(29)26-18(3)5-2)16-19-10-7-6-8-11-19/h6-8,10-15,18,22H,4-5,9,16-17H2,1-3H3,(H,26,29)/t18-,22-/m0/s1. The third kappa shape index (κ3) is 7.21. The van der Waals surface area contributed by atoms with Crippen molar-refractivity contribution in [2.45, 2.75) is 65.1 Å². The van der Waals surface area contributed by atoms with Gasteiger partial charge in [0, 0.05) is 30.5 Å². The van der Waals surface area contributed by atoms with Crippen LogP contribution in [0.4, 0.5) is 0 Å². The van der Waals surface area contributed by atoms with Gasteiger partial charge in [0.15, 0.2) is 0 Å². The second-order valence-electron chi connectivity index (χ2n) is 7.42. The lowest BCUT2D eigenvalue weighted by molar-refractivity contribution is -0.141. The molecule has 0 aliphatic rings. The smallest absolute Gasteiger partial charge is 0.243 e. The van der Waals surface area contributed by atoms with E-state index in [1.165, 1.54) is 0 Å². The number of hydrogen-bond acceptors (Lipinski definition) is 2. The quantitative estimate of drug-likeness (QED) is 0.595. The SMILES string of the molecule is CCCC(=O)N(Cc1ccc(Cl)cc1)[C@@H](Cc1ccccc1)C(=O)N[C@@H](C)CC. The first-order chi connectivity index (χ1) is 13.9. The number of nitrogens with zero attached hydrogens (tertiary/aromatic N) is 1. The highest BCUT2D eigenvalue weighted by Gasteiger charge is 2.30. The average molecular weight is 415 g/mol. The monoisotopic (exact) mass is 414 g/mol. The van der Waals surface area contributed by atoms with Crippen LogP contribution in [0, 0.1) is 0 Å². The zero-order chi connectivity index (χ0) is 21.2. The Morgan fingerprint density at radius 3 is 2.24 bits per heavy atom. The average Bonchev–Trinajstić information content (AvgIpc) is 2.72. The largest absolute Gasteiger partial charge is 0.352 e. The lowest BCUT2D eigenvalue weighted by Gasteiger charge is -2.32. The van der Waals surface area contributed by atoms with Gasteiger partial charge in [0.2, 0.25) is 11.8 Å². The molecule has 2 aromatic rings. The molecule has 5 heteroatoms. The van der Waals surface area contributed by atoms with Crippen molar-refractivity contribution in [3.8, 4) is 0 Å². The number of carbonyl (C=O) groups is 2. The summed E-state index contributed by atoms with van der Waals surface area (Å²) < 4.78 is 0. The van der Waals surface area contributed by atoms with Gasteiger partial charge in [-0.3, -0.25) is 9.59 Å². The van der Waals surface area contributed by atoms with Crippen LogP contribution in [-0.2, 0) is 22.6 Å². The van der Waals surface area contributed by atoms with Gasteiger partial charge in [0.25, 0.3) is 0 Å². The van der Waals surface area contributed by atoms with Gasteiger partial charge in [-0.05, 0) is 43.0 Å². The Kier molecular flexibility index (Phi) is 9.20. The van der Waals surface area contributed by atoms with Gasteiger partial charge in [-0.25, -0.2) is 0 Å². The van der Waals surface area contributed by atoms with Crippen LogP contribution in [0.2, 0.25) is 5.02 Å². The number of hydrogen-bond donors (Lipinski definition) is 1. The highest BCUT2D eigenvalue weighted by molar-refractivity contribution is 6.30. The Balaban J connectivity index is 2.35. The maximum Gasteiger partial charge on any atom is 0.243 e. The summed E-state index contributed by atoms with van der Waals surface area (Å²) in [5.74, 6) is -0.121. The Hall–Kier alpha value is -2.33. The van der Waals surface area contributed by atoms with Gasteiger partial charge in [-0.15, -0.1) is 0 Å². The summed E-state index contributed by atoms with van der Waals surface area (Å²) in [5, 5.41) is 3.72. The number of carbonyl (C=O) groups excluding carboxylic acids is 2. The van der Waals surface area contributed by atoms with Gasteiger partial charge >= 0.3 is 0 Å². The zero-order valence-corrected chi connectivity index (χ0v) is 18.3. The predicted octanol–water partition coefficient (Wildman–Crippen LogP) is 4.99. The minimum Gasteiger partial charge on any atom is -0.352 e. The zero-order valence-electron chi connectivity index (χ0n) is 17.5. The molecule has 0 unspecified atom stereocenters. The fraction of sp³-hybridized carbons (Fsp3) is 0.417. The van der Waals surface area contributed by atoms with E-state index < -0.39 is 6.04 Å². The minimum absolute atomic E-state index is 0.0114. The molecule has 0 saturated carbocycles. The first-order valence-electron chi connectivity index (χ1n) is 10.3. The van der Waals surface area contributed by atoms with Crippen LogP contribution in [0.3, 0.4) is 0 Å². The predicted molar refractivity (Wildman–Crippen MR) is 119 cm³/mol. The van der Waals surface area contributed by atoms with E-state index in [9.17, 15) is 9.59 Å². The summed E-state index contributed by atoms with van der Waals surface area (Å²) in [7, 11) is 0. The van der Waals surface area contributed by atoms with Crippen LogP contribution in [0.1, 0.15) is 51.2 Å². The van der Waals surface area contributed by atoms with E-state index in [0.29, 0.717) is 24.4 Å². The summed E-state index contributed by atoms with van der Waals surface area (Å²) >= 11 is 6.01. The fourth-order valence-electron chi connectivity index (χ4n) is 3.14. The van der Waals surface area contributed by atoms with Crippen LogP contribution in [-0.4, -0.2) is 28.8 Å². The Morgan fingerprint density at radius 2 is 1.66 bits per heavy atom. The second-order valence-corrected chi connectivity index (χ2v) is 7.86. The summed E-state index contributed by atoms with van der Waals surface area (Å²) in [6.07, 6.45) is 2.46. The molecule has 0 radical (unpaired) electrons. The van der Waals surface area contributed by atoms with Crippen LogP contribution in [0.25, 0.3) is 0 Å². The van der Waals surface area contributed by atoms with Gasteiger partial charge in [-0.2, -0.15) is 0 Å². The fourth-order valence-corrected chi connectivity index (χ4v) is 3.27. The summed E-state index contributed by atoms with van der Waals surface area (Å²) in [5.41, 5.74) is 1.98. The van der Waals surface area contributed by atoms with Crippen LogP contribution in [0.15, 0.2) is 54.6 Å². The lowest BCUT2D eigenvalue weighted by Crippen LogP contribution is -2.52. The Bertz CT molecular complexity index is 777. The van der Waals surface area contributed by atoms with Crippen LogP contribution < -0.4 is 5.32 Å². The van der Waals surface area contributed by atoms with Gasteiger partial charge in [0.05, 0.1) is 0 Å². The van der Waals surface area contributed by atoms with Gasteiger partial charge in [-0.1, -0.05) is 67.9 Å². The molecular formula is C24H31ClN2O2. The molecule has 2 amide bonds. The molecular weight excluding hydrogens is 384 g/mol. The van der Waals surface area contributed by atoms with Crippen LogP contribution >= 0.6 is 11.6 Å². The van der Waals surface area contributed by atoms with Crippen molar-refractivity contribution in [3.05, 3.63) is 70.7 Å². The molecule has 0 bridgehead atoms. The Labute approximate surface area is 179 Å². The van der Waals surface area contributed by atoms with Crippen molar-refractivity contribution in [3.63, 3.8) is 0 Å². The van der Waals surface area contributed by atoms with Gasteiger partial charge < -0.3 is 10.2 Å². The van der Waals surface area contributed by atoms with Crippen molar-refractivity contribution < 1.29 is 9.59 Å². The third-order valence-electron chi connectivity index (χ3n) is 5.00. The van der Waals surface area contributed by atoms with E-state index in [0.717, 1.165) is 24.0 Å². The van der Waals surface area contributed by atoms with Crippen molar-refractivity contribution in [2.75, 3.05) is 0 Å². The molecule has 0 aliphatic heterocycles. The van der Waals surface area contributed by atoms with E-state index >= 15 is 0 Å². The molecule has 0 aliphatic carbocycles. The molecule has 2 rings (SSSR count). The molecule has 29 heavy (non-hydrogen) atoms. The highest BCUT2D eigenvalue weighted by atomic mass is 35.5. The first-order valence-corrected chi connectivity index (χ1v) is 10.7. The summed E-state index contributed by atoms with van der Waals surface area (Å²) in [6.45, 7) is 6.37. The lowest BCUT2D eigenvalue weighted by atomic mass is 10.0. The molecule has 1 N–H and O–H groups in total. The molecule has 0 spiro atoms. The molecule has 0 saturated heterocycles. The van der Waals surface area contributed by atoms with Crippen molar-refractivity contribution >= 4 is 23.4 Å². The number of benzene rings is 2. The topological polar surface area (TPSA) is 49.4 Å². The van der Waals surface area contributed by atoms with Gasteiger partial charge in [0.1, 0.15) is 6.04 Å². The number of amides is 2. The van der Waals surface area contributed by atoms with E-state index in [-0.39, 0.29) is 17.9 Å². The molecule has 2 aromatic carbocycles. The summed E-state index contributed by atoms with van der Waals surface area (Å²) in [6, 6.07) is 16.8. The molecule has 0 heterocycles. The number of halogens is 1. The highest BCUT2D eigenvalue weighted by Crippen LogP contribution is 2.18. The third-order valence-corrected chi connectivity index (χ3v) is 5.25. The molecule has 156 valence electrons.